The lowest BCUT2D eigenvalue weighted by molar-refractivity contribution is -0.126. The van der Waals surface area contributed by atoms with E-state index < -0.39 is 11.9 Å². The Bertz CT molecular complexity index is 1190. The first-order valence-electron chi connectivity index (χ1n) is 9.63. The van der Waals surface area contributed by atoms with Crippen LogP contribution in [0.1, 0.15) is 11.1 Å². The molecule has 29 heavy (non-hydrogen) atoms. The average molecular weight is 382 g/mol. The Morgan fingerprint density at radius 2 is 1.48 bits per heavy atom. The smallest absolute Gasteiger partial charge is 0.240 e. The van der Waals surface area contributed by atoms with E-state index >= 15 is 0 Å². The molecule has 3 N–H and O–H groups in total. The van der Waals surface area contributed by atoms with E-state index in [0.717, 1.165) is 32.7 Å². The van der Waals surface area contributed by atoms with E-state index in [2.05, 4.69) is 5.32 Å². The first kappa shape index (κ1) is 18.7. The van der Waals surface area contributed by atoms with E-state index in [1.807, 2.05) is 84.9 Å². The van der Waals surface area contributed by atoms with E-state index in [4.69, 9.17) is 5.73 Å². The minimum Gasteiger partial charge on any atom is -0.368 e. The fourth-order valence-corrected chi connectivity index (χ4v) is 3.69. The van der Waals surface area contributed by atoms with Gasteiger partial charge in [-0.3, -0.25) is 9.59 Å². The highest BCUT2D eigenvalue weighted by Crippen LogP contribution is 2.20. The first-order chi connectivity index (χ1) is 14.1. The van der Waals surface area contributed by atoms with Gasteiger partial charge in [0, 0.05) is 6.42 Å². The fraction of sp³-hybridized carbons (Fsp3) is 0.120. The number of rotatable bonds is 6. The maximum atomic E-state index is 12.6. The number of carbonyl (C=O) groups excluding carboxylic acids is 2. The van der Waals surface area contributed by atoms with Gasteiger partial charge in [0.15, 0.2) is 0 Å². The lowest BCUT2D eigenvalue weighted by Crippen LogP contribution is -2.46. The van der Waals surface area contributed by atoms with Crippen molar-refractivity contribution >= 4 is 33.4 Å². The predicted molar refractivity (Wildman–Crippen MR) is 116 cm³/mol. The standard InChI is InChI=1S/C25H22N2O2/c26-25(29)23(16-21-10-5-9-19-7-3-4-11-22(19)21)27-24(28)15-17-12-13-18-6-1-2-8-20(18)14-17/h1-14,23H,15-16H2,(H2,26,29)(H,27,28)/t23-/m0/s1. The minimum absolute atomic E-state index is 0.199. The summed E-state index contributed by atoms with van der Waals surface area (Å²) in [5.41, 5.74) is 7.47. The second-order valence-electron chi connectivity index (χ2n) is 7.22. The van der Waals surface area contributed by atoms with E-state index in [9.17, 15) is 9.59 Å². The van der Waals surface area contributed by atoms with E-state index in [-0.39, 0.29) is 12.3 Å². The molecule has 0 aromatic heterocycles. The van der Waals surface area contributed by atoms with Crippen molar-refractivity contribution in [2.75, 3.05) is 0 Å². The summed E-state index contributed by atoms with van der Waals surface area (Å²) in [6.07, 6.45) is 0.560. The van der Waals surface area contributed by atoms with Gasteiger partial charge in [-0.1, -0.05) is 84.9 Å². The van der Waals surface area contributed by atoms with Crippen LogP contribution in [0, 0.1) is 0 Å². The number of fused-ring (bicyclic) bond motifs is 2. The quantitative estimate of drug-likeness (QED) is 0.533. The Balaban J connectivity index is 1.50. The molecule has 0 saturated heterocycles. The molecule has 0 bridgehead atoms. The Kier molecular flexibility index (Phi) is 5.25. The van der Waals surface area contributed by atoms with Crippen molar-refractivity contribution in [3.05, 3.63) is 96.1 Å². The SMILES string of the molecule is NC(=O)[C@H](Cc1cccc2ccccc12)NC(=O)Cc1ccc2ccccc2c1. The van der Waals surface area contributed by atoms with Gasteiger partial charge in [0.1, 0.15) is 6.04 Å². The van der Waals surface area contributed by atoms with Gasteiger partial charge in [-0.25, -0.2) is 0 Å². The van der Waals surface area contributed by atoms with Crippen molar-refractivity contribution in [2.24, 2.45) is 5.73 Å². The largest absolute Gasteiger partial charge is 0.368 e. The zero-order chi connectivity index (χ0) is 20.2. The fourth-order valence-electron chi connectivity index (χ4n) is 3.69. The lowest BCUT2D eigenvalue weighted by Gasteiger charge is -2.17. The highest BCUT2D eigenvalue weighted by molar-refractivity contribution is 5.90. The third-order valence-corrected chi connectivity index (χ3v) is 5.16. The maximum Gasteiger partial charge on any atom is 0.240 e. The van der Waals surface area contributed by atoms with E-state index in [0.29, 0.717) is 6.42 Å². The van der Waals surface area contributed by atoms with Crippen LogP contribution >= 0.6 is 0 Å². The molecule has 0 aliphatic heterocycles. The van der Waals surface area contributed by atoms with Gasteiger partial charge in [0.25, 0.3) is 0 Å². The number of primary amides is 1. The molecule has 0 fully saturated rings. The molecule has 4 heteroatoms. The van der Waals surface area contributed by atoms with Crippen LogP contribution in [0.15, 0.2) is 84.9 Å². The summed E-state index contributed by atoms with van der Waals surface area (Å²) in [5, 5.41) is 7.18. The molecule has 0 aliphatic rings. The summed E-state index contributed by atoms with van der Waals surface area (Å²) >= 11 is 0. The number of nitrogens with one attached hydrogen (secondary N) is 1. The van der Waals surface area contributed by atoms with Crippen molar-refractivity contribution in [1.29, 1.82) is 0 Å². The first-order valence-corrected chi connectivity index (χ1v) is 9.63. The van der Waals surface area contributed by atoms with Gasteiger partial charge in [-0.15, -0.1) is 0 Å². The van der Waals surface area contributed by atoms with Crippen LogP contribution in [0.5, 0.6) is 0 Å². The predicted octanol–water partition coefficient (Wildman–Crippen LogP) is 3.75. The van der Waals surface area contributed by atoms with Crippen LogP contribution in [0.3, 0.4) is 0 Å². The van der Waals surface area contributed by atoms with Crippen molar-refractivity contribution in [3.63, 3.8) is 0 Å². The molecule has 4 aromatic rings. The highest BCUT2D eigenvalue weighted by atomic mass is 16.2. The second-order valence-corrected chi connectivity index (χ2v) is 7.22. The number of amides is 2. The van der Waals surface area contributed by atoms with Crippen LogP contribution in [-0.2, 0) is 22.4 Å². The summed E-state index contributed by atoms with van der Waals surface area (Å²) < 4.78 is 0. The number of nitrogens with two attached hydrogens (primary N) is 1. The van der Waals surface area contributed by atoms with Gasteiger partial charge >= 0.3 is 0 Å². The van der Waals surface area contributed by atoms with Gasteiger partial charge < -0.3 is 11.1 Å². The van der Waals surface area contributed by atoms with Crippen molar-refractivity contribution in [1.82, 2.24) is 5.32 Å². The Morgan fingerprint density at radius 1 is 0.793 bits per heavy atom. The van der Waals surface area contributed by atoms with Crippen LogP contribution in [0.4, 0.5) is 0 Å². The Morgan fingerprint density at radius 3 is 2.28 bits per heavy atom. The summed E-state index contributed by atoms with van der Waals surface area (Å²) in [6.45, 7) is 0. The number of hydrogen-bond acceptors (Lipinski definition) is 2. The molecule has 0 heterocycles. The van der Waals surface area contributed by atoms with Crippen LogP contribution < -0.4 is 11.1 Å². The van der Waals surface area contributed by atoms with E-state index in [1.54, 1.807) is 0 Å². The number of hydrogen-bond donors (Lipinski definition) is 2. The number of benzene rings is 4. The summed E-state index contributed by atoms with van der Waals surface area (Å²) in [5.74, 6) is -0.755. The van der Waals surface area contributed by atoms with Gasteiger partial charge in [-0.05, 0) is 32.7 Å². The zero-order valence-corrected chi connectivity index (χ0v) is 16.0. The zero-order valence-electron chi connectivity index (χ0n) is 16.0. The molecule has 2 amide bonds. The van der Waals surface area contributed by atoms with E-state index in [1.165, 1.54) is 0 Å². The summed E-state index contributed by atoms with van der Waals surface area (Å²) in [6, 6.07) is 27.1. The Hall–Kier alpha value is -3.66. The molecule has 4 rings (SSSR count). The Labute approximate surface area is 169 Å². The molecule has 0 saturated carbocycles. The van der Waals surface area contributed by atoms with Crippen LogP contribution in [0.2, 0.25) is 0 Å². The molecule has 1 atom stereocenters. The minimum atomic E-state index is -0.756. The average Bonchev–Trinajstić information content (AvgIpc) is 2.73. The van der Waals surface area contributed by atoms with Gasteiger partial charge in [0.05, 0.1) is 6.42 Å². The molecule has 0 aliphatic carbocycles. The molecular weight excluding hydrogens is 360 g/mol. The maximum absolute atomic E-state index is 12.6. The van der Waals surface area contributed by atoms with Crippen molar-refractivity contribution < 1.29 is 9.59 Å². The molecular formula is C25H22N2O2. The third-order valence-electron chi connectivity index (χ3n) is 5.16. The molecule has 4 nitrogen and oxygen atoms in total. The molecule has 0 spiro atoms. The molecule has 144 valence electrons. The highest BCUT2D eigenvalue weighted by Gasteiger charge is 2.19. The second kappa shape index (κ2) is 8.15. The van der Waals surface area contributed by atoms with Crippen molar-refractivity contribution in [3.8, 4) is 0 Å². The monoisotopic (exact) mass is 382 g/mol. The number of carbonyl (C=O) groups is 2. The lowest BCUT2D eigenvalue weighted by atomic mass is 9.98. The molecule has 4 aromatic carbocycles. The normalized spacial score (nSPS) is 12.0. The van der Waals surface area contributed by atoms with Gasteiger partial charge in [0.2, 0.25) is 11.8 Å². The summed E-state index contributed by atoms with van der Waals surface area (Å²) in [4.78, 5) is 24.6. The van der Waals surface area contributed by atoms with Crippen LogP contribution in [0.25, 0.3) is 21.5 Å². The molecule has 0 radical (unpaired) electrons. The topological polar surface area (TPSA) is 72.2 Å². The summed E-state index contributed by atoms with van der Waals surface area (Å²) in [7, 11) is 0. The van der Waals surface area contributed by atoms with Crippen molar-refractivity contribution in [2.45, 2.75) is 18.9 Å². The molecule has 0 unspecified atom stereocenters. The van der Waals surface area contributed by atoms with Gasteiger partial charge in [-0.2, -0.15) is 0 Å². The van der Waals surface area contributed by atoms with Crippen LogP contribution in [-0.4, -0.2) is 17.9 Å². The third kappa shape index (κ3) is 4.27.